The normalized spacial score (nSPS) is 14.2. The van der Waals surface area contributed by atoms with Crippen LogP contribution >= 0.6 is 0 Å². The average Bonchev–Trinajstić information content (AvgIpc) is 2.67. The SMILES string of the molecule is COc1cc2nc(CN3CCc4cc(C)ccc4C3)[nH]c(=O)c2cc1OC. The quantitative estimate of drug-likeness (QED) is 0.770. The predicted molar refractivity (Wildman–Crippen MR) is 104 cm³/mol. The van der Waals surface area contributed by atoms with Crippen LogP contribution in [0.3, 0.4) is 0 Å². The number of rotatable bonds is 4. The molecule has 0 spiro atoms. The second-order valence-electron chi connectivity index (χ2n) is 6.97. The first-order valence-electron chi connectivity index (χ1n) is 9.03. The van der Waals surface area contributed by atoms with E-state index in [1.54, 1.807) is 26.4 Å². The highest BCUT2D eigenvalue weighted by Crippen LogP contribution is 2.30. The molecule has 2 aromatic carbocycles. The van der Waals surface area contributed by atoms with E-state index in [0.717, 1.165) is 19.5 Å². The second kappa shape index (κ2) is 7.04. The maximum absolute atomic E-state index is 12.5. The van der Waals surface area contributed by atoms with Gasteiger partial charge < -0.3 is 14.5 Å². The molecule has 6 nitrogen and oxygen atoms in total. The summed E-state index contributed by atoms with van der Waals surface area (Å²) in [6.45, 7) is 4.54. The van der Waals surface area contributed by atoms with Gasteiger partial charge in [0.2, 0.25) is 0 Å². The minimum Gasteiger partial charge on any atom is -0.493 e. The lowest BCUT2D eigenvalue weighted by atomic mass is 9.98. The molecular formula is C21H23N3O3. The molecule has 0 saturated carbocycles. The Balaban J connectivity index is 1.63. The van der Waals surface area contributed by atoms with E-state index in [2.05, 4.69) is 40.0 Å². The van der Waals surface area contributed by atoms with Crippen LogP contribution in [0, 0.1) is 6.92 Å². The summed E-state index contributed by atoms with van der Waals surface area (Å²) in [6, 6.07) is 10.0. The summed E-state index contributed by atoms with van der Waals surface area (Å²) < 4.78 is 10.6. The summed E-state index contributed by atoms with van der Waals surface area (Å²) in [7, 11) is 3.13. The molecule has 0 fully saturated rings. The zero-order valence-corrected chi connectivity index (χ0v) is 15.8. The molecule has 0 amide bonds. The Kier molecular flexibility index (Phi) is 4.58. The lowest BCUT2D eigenvalue weighted by molar-refractivity contribution is 0.239. The Hall–Kier alpha value is -2.86. The number of hydrogen-bond donors (Lipinski definition) is 1. The van der Waals surface area contributed by atoms with Crippen LogP contribution in [0.2, 0.25) is 0 Å². The number of H-pyrrole nitrogens is 1. The molecule has 1 N–H and O–H groups in total. The zero-order chi connectivity index (χ0) is 19.0. The van der Waals surface area contributed by atoms with Crippen molar-refractivity contribution in [2.24, 2.45) is 0 Å². The van der Waals surface area contributed by atoms with Crippen molar-refractivity contribution in [1.29, 1.82) is 0 Å². The Morgan fingerprint density at radius 3 is 2.67 bits per heavy atom. The van der Waals surface area contributed by atoms with E-state index >= 15 is 0 Å². The van der Waals surface area contributed by atoms with Crippen LogP contribution in [0.5, 0.6) is 11.5 Å². The Morgan fingerprint density at radius 1 is 1.11 bits per heavy atom. The number of aromatic nitrogens is 2. The third-order valence-corrected chi connectivity index (χ3v) is 5.09. The van der Waals surface area contributed by atoms with Crippen molar-refractivity contribution < 1.29 is 9.47 Å². The van der Waals surface area contributed by atoms with E-state index < -0.39 is 0 Å². The van der Waals surface area contributed by atoms with Gasteiger partial charge in [0.1, 0.15) is 5.82 Å². The van der Waals surface area contributed by atoms with Gasteiger partial charge in [-0.15, -0.1) is 0 Å². The van der Waals surface area contributed by atoms with E-state index in [0.29, 0.717) is 34.8 Å². The monoisotopic (exact) mass is 365 g/mol. The predicted octanol–water partition coefficient (Wildman–Crippen LogP) is 2.81. The molecule has 140 valence electrons. The van der Waals surface area contributed by atoms with E-state index in [1.807, 2.05) is 0 Å². The topological polar surface area (TPSA) is 67.5 Å². The van der Waals surface area contributed by atoms with Gasteiger partial charge in [0.25, 0.3) is 5.56 Å². The largest absolute Gasteiger partial charge is 0.493 e. The van der Waals surface area contributed by atoms with Crippen molar-refractivity contribution in [2.45, 2.75) is 26.4 Å². The molecule has 1 aromatic heterocycles. The highest BCUT2D eigenvalue weighted by molar-refractivity contribution is 5.81. The first-order valence-corrected chi connectivity index (χ1v) is 9.03. The second-order valence-corrected chi connectivity index (χ2v) is 6.97. The number of nitrogens with zero attached hydrogens (tertiary/aromatic N) is 2. The molecule has 3 aromatic rings. The van der Waals surface area contributed by atoms with Crippen LogP contribution < -0.4 is 15.0 Å². The maximum atomic E-state index is 12.5. The first kappa shape index (κ1) is 17.5. The average molecular weight is 365 g/mol. The first-order chi connectivity index (χ1) is 13.1. The summed E-state index contributed by atoms with van der Waals surface area (Å²) in [4.78, 5) is 22.4. The number of ether oxygens (including phenoxy) is 2. The minimum atomic E-state index is -0.163. The van der Waals surface area contributed by atoms with Crippen molar-refractivity contribution in [3.63, 3.8) is 0 Å². The minimum absolute atomic E-state index is 0.163. The van der Waals surface area contributed by atoms with Crippen LogP contribution in [0.15, 0.2) is 35.1 Å². The van der Waals surface area contributed by atoms with Crippen molar-refractivity contribution >= 4 is 10.9 Å². The Morgan fingerprint density at radius 2 is 1.89 bits per heavy atom. The van der Waals surface area contributed by atoms with Crippen molar-refractivity contribution in [3.8, 4) is 11.5 Å². The standard InChI is InChI=1S/C21H23N3O3/c1-13-4-5-15-11-24(7-6-14(15)8-13)12-20-22-17-10-19(27-3)18(26-2)9-16(17)21(25)23-20/h4-5,8-10H,6-7,11-12H2,1-3H3,(H,22,23,25). The maximum Gasteiger partial charge on any atom is 0.258 e. The molecular weight excluding hydrogens is 342 g/mol. The molecule has 6 heteroatoms. The summed E-state index contributed by atoms with van der Waals surface area (Å²) in [5, 5.41) is 0.496. The van der Waals surface area contributed by atoms with E-state index in [1.165, 1.54) is 16.7 Å². The molecule has 0 atom stereocenters. The van der Waals surface area contributed by atoms with Crippen LogP contribution in [-0.4, -0.2) is 35.6 Å². The highest BCUT2D eigenvalue weighted by Gasteiger charge is 2.18. The van der Waals surface area contributed by atoms with E-state index in [4.69, 9.17) is 9.47 Å². The number of fused-ring (bicyclic) bond motifs is 2. The van der Waals surface area contributed by atoms with Crippen LogP contribution in [0.1, 0.15) is 22.5 Å². The van der Waals surface area contributed by atoms with Gasteiger partial charge in [-0.1, -0.05) is 23.8 Å². The highest BCUT2D eigenvalue weighted by atomic mass is 16.5. The van der Waals surface area contributed by atoms with E-state index in [9.17, 15) is 4.79 Å². The fraction of sp³-hybridized carbons (Fsp3) is 0.333. The summed E-state index contributed by atoms with van der Waals surface area (Å²) in [5.41, 5.74) is 4.51. The number of aryl methyl sites for hydroxylation is 1. The van der Waals surface area contributed by atoms with Gasteiger partial charge >= 0.3 is 0 Å². The summed E-state index contributed by atoms with van der Waals surface area (Å²) in [6.07, 6.45) is 1.01. The third-order valence-electron chi connectivity index (χ3n) is 5.09. The van der Waals surface area contributed by atoms with Crippen LogP contribution in [0.4, 0.5) is 0 Å². The molecule has 4 rings (SSSR count). The number of benzene rings is 2. The lowest BCUT2D eigenvalue weighted by Gasteiger charge is -2.28. The number of nitrogens with one attached hydrogen (secondary N) is 1. The Bertz CT molecular complexity index is 1060. The molecule has 1 aliphatic heterocycles. The fourth-order valence-electron chi connectivity index (χ4n) is 3.68. The van der Waals surface area contributed by atoms with Gasteiger partial charge in [0, 0.05) is 19.2 Å². The van der Waals surface area contributed by atoms with Crippen molar-refractivity contribution in [3.05, 3.63) is 63.2 Å². The lowest BCUT2D eigenvalue weighted by Crippen LogP contribution is -2.31. The molecule has 27 heavy (non-hydrogen) atoms. The van der Waals surface area contributed by atoms with Gasteiger partial charge in [-0.05, 0) is 30.5 Å². The third kappa shape index (κ3) is 3.40. The molecule has 2 heterocycles. The van der Waals surface area contributed by atoms with Crippen LogP contribution in [0.25, 0.3) is 10.9 Å². The molecule has 0 aliphatic carbocycles. The van der Waals surface area contributed by atoms with E-state index in [-0.39, 0.29) is 5.56 Å². The summed E-state index contributed by atoms with van der Waals surface area (Å²) in [5.74, 6) is 1.75. The van der Waals surface area contributed by atoms with Gasteiger partial charge in [-0.3, -0.25) is 9.69 Å². The Labute approximate surface area is 157 Å². The van der Waals surface area contributed by atoms with Gasteiger partial charge in [-0.2, -0.15) is 0 Å². The smallest absolute Gasteiger partial charge is 0.258 e. The number of hydrogen-bond acceptors (Lipinski definition) is 5. The van der Waals surface area contributed by atoms with Crippen molar-refractivity contribution in [1.82, 2.24) is 14.9 Å². The molecule has 0 saturated heterocycles. The van der Waals surface area contributed by atoms with Gasteiger partial charge in [0.15, 0.2) is 11.5 Å². The fourth-order valence-corrected chi connectivity index (χ4v) is 3.68. The summed E-state index contributed by atoms with van der Waals surface area (Å²) >= 11 is 0. The van der Waals surface area contributed by atoms with Crippen LogP contribution in [-0.2, 0) is 19.5 Å². The number of aromatic amines is 1. The molecule has 0 radical (unpaired) electrons. The van der Waals surface area contributed by atoms with Gasteiger partial charge in [-0.25, -0.2) is 4.98 Å². The molecule has 0 unspecified atom stereocenters. The molecule has 1 aliphatic rings. The van der Waals surface area contributed by atoms with Gasteiger partial charge in [0.05, 0.1) is 31.7 Å². The number of methoxy groups -OCH3 is 2. The zero-order valence-electron chi connectivity index (χ0n) is 15.8. The van der Waals surface area contributed by atoms with Crippen molar-refractivity contribution in [2.75, 3.05) is 20.8 Å². The molecule has 0 bridgehead atoms.